The van der Waals surface area contributed by atoms with E-state index in [-0.39, 0.29) is 29.5 Å². The number of alkyl carbamates (subject to hydrolysis) is 1. The summed E-state index contributed by atoms with van der Waals surface area (Å²) in [5, 5.41) is 16.0. The smallest absolute Gasteiger partial charge is 0.408 e. The minimum atomic E-state index is -0.956. The van der Waals surface area contributed by atoms with Crippen LogP contribution in [-0.4, -0.2) is 52.1 Å². The predicted octanol–water partition coefficient (Wildman–Crippen LogP) is 5.31. The highest BCUT2D eigenvalue weighted by atomic mass is 16.6. The van der Waals surface area contributed by atoms with Crippen LogP contribution in [0.4, 0.5) is 4.79 Å². The Hall–Kier alpha value is -2.77. The van der Waals surface area contributed by atoms with Crippen LogP contribution >= 0.6 is 0 Å². The number of phenolic OH excluding ortho intramolecular Hbond substituents is 1. The predicted molar refractivity (Wildman–Crippen MR) is 143 cm³/mol. The van der Waals surface area contributed by atoms with E-state index in [1.54, 1.807) is 37.8 Å². The van der Waals surface area contributed by atoms with E-state index in [4.69, 9.17) is 4.74 Å². The Labute approximate surface area is 217 Å². The van der Waals surface area contributed by atoms with Gasteiger partial charge in [-0.2, -0.15) is 0 Å². The molecule has 0 saturated heterocycles. The number of amides is 3. The molecule has 0 aliphatic rings. The van der Waals surface area contributed by atoms with Crippen LogP contribution in [0.3, 0.4) is 0 Å². The molecule has 1 aromatic carbocycles. The summed E-state index contributed by atoms with van der Waals surface area (Å²) < 4.78 is 5.43. The van der Waals surface area contributed by atoms with E-state index in [2.05, 4.69) is 10.6 Å². The molecular formula is C28H47N3O5. The normalized spacial score (nSPS) is 14.8. The first-order valence-corrected chi connectivity index (χ1v) is 13.2. The van der Waals surface area contributed by atoms with Gasteiger partial charge in [0.2, 0.25) is 11.8 Å². The van der Waals surface area contributed by atoms with Crippen molar-refractivity contribution in [2.24, 2.45) is 5.92 Å². The van der Waals surface area contributed by atoms with Crippen molar-refractivity contribution in [1.29, 1.82) is 0 Å². The van der Waals surface area contributed by atoms with E-state index in [1.165, 1.54) is 12.1 Å². The second kappa shape index (κ2) is 14.7. The molecule has 0 aliphatic heterocycles. The minimum Gasteiger partial charge on any atom is -0.508 e. The Morgan fingerprint density at radius 1 is 1.06 bits per heavy atom. The number of nitrogens with zero attached hydrogens (tertiary/aromatic N) is 1. The average Bonchev–Trinajstić information content (AvgIpc) is 2.78. The standard InChI is InChI=1S/C28H47N3O5/c1-9-12-17-31(26(34)23(19(4)11-3)30-27(35)36-28(6,7)8)24(21-15-13-16-22(32)18-21)25(33)29-20(5)14-10-2/h13,15-16,18-20,23-24,32H,9-12,14,17H2,1-8H3,(H,29,33)(H,30,35). The molecule has 0 aromatic heterocycles. The van der Waals surface area contributed by atoms with Gasteiger partial charge in [-0.15, -0.1) is 0 Å². The largest absolute Gasteiger partial charge is 0.508 e. The van der Waals surface area contributed by atoms with Crippen molar-refractivity contribution >= 4 is 17.9 Å². The quantitative estimate of drug-likeness (QED) is 0.337. The fourth-order valence-corrected chi connectivity index (χ4v) is 3.99. The van der Waals surface area contributed by atoms with Crippen LogP contribution < -0.4 is 10.6 Å². The molecule has 0 bridgehead atoms. The lowest BCUT2D eigenvalue weighted by atomic mass is 9.95. The number of phenols is 1. The van der Waals surface area contributed by atoms with Crippen LogP contribution in [-0.2, 0) is 14.3 Å². The van der Waals surface area contributed by atoms with Crippen molar-refractivity contribution in [3.8, 4) is 5.75 Å². The fourth-order valence-electron chi connectivity index (χ4n) is 3.99. The monoisotopic (exact) mass is 505 g/mol. The molecule has 0 fully saturated rings. The Morgan fingerprint density at radius 3 is 2.25 bits per heavy atom. The minimum absolute atomic E-state index is 0.0140. The zero-order chi connectivity index (χ0) is 27.5. The third-order valence-electron chi connectivity index (χ3n) is 6.04. The van der Waals surface area contributed by atoms with E-state index in [0.717, 1.165) is 19.3 Å². The highest BCUT2D eigenvalue weighted by Gasteiger charge is 2.38. The van der Waals surface area contributed by atoms with Gasteiger partial charge in [-0.05, 0) is 64.2 Å². The highest BCUT2D eigenvalue weighted by molar-refractivity contribution is 5.92. The van der Waals surface area contributed by atoms with Gasteiger partial charge in [0.1, 0.15) is 23.4 Å². The zero-order valence-electron chi connectivity index (χ0n) is 23.4. The molecule has 0 aliphatic carbocycles. The number of rotatable bonds is 13. The number of nitrogens with one attached hydrogen (secondary N) is 2. The van der Waals surface area contributed by atoms with Crippen LogP contribution in [0.1, 0.15) is 99.1 Å². The summed E-state index contributed by atoms with van der Waals surface area (Å²) in [6, 6.07) is 4.54. The summed E-state index contributed by atoms with van der Waals surface area (Å²) in [4.78, 5) is 41.9. The molecule has 0 saturated carbocycles. The molecule has 1 rings (SSSR count). The summed E-state index contributed by atoms with van der Waals surface area (Å²) in [5.74, 6) is -0.845. The molecule has 4 atom stereocenters. The van der Waals surface area contributed by atoms with Gasteiger partial charge in [-0.25, -0.2) is 4.79 Å². The van der Waals surface area contributed by atoms with Crippen molar-refractivity contribution in [2.45, 2.75) is 111 Å². The number of ether oxygens (including phenoxy) is 1. The molecule has 4 unspecified atom stereocenters. The zero-order valence-corrected chi connectivity index (χ0v) is 23.4. The molecule has 3 N–H and O–H groups in total. The maximum Gasteiger partial charge on any atom is 0.408 e. The highest BCUT2D eigenvalue weighted by Crippen LogP contribution is 2.27. The van der Waals surface area contributed by atoms with E-state index in [0.29, 0.717) is 24.9 Å². The molecule has 1 aromatic rings. The number of benzene rings is 1. The number of carbonyl (C=O) groups is 3. The third-order valence-corrected chi connectivity index (χ3v) is 6.04. The first kappa shape index (κ1) is 31.3. The Morgan fingerprint density at radius 2 is 1.72 bits per heavy atom. The van der Waals surface area contributed by atoms with E-state index in [9.17, 15) is 19.5 Å². The third kappa shape index (κ3) is 10.1. The van der Waals surface area contributed by atoms with E-state index in [1.807, 2.05) is 34.6 Å². The molecule has 36 heavy (non-hydrogen) atoms. The topological polar surface area (TPSA) is 108 Å². The maximum atomic E-state index is 14.1. The lowest BCUT2D eigenvalue weighted by molar-refractivity contribution is -0.143. The number of aromatic hydroxyl groups is 1. The lowest BCUT2D eigenvalue weighted by Gasteiger charge is -2.36. The second-order valence-electron chi connectivity index (χ2n) is 10.6. The van der Waals surface area contributed by atoms with Gasteiger partial charge in [0.25, 0.3) is 0 Å². The molecule has 0 spiro atoms. The van der Waals surface area contributed by atoms with Gasteiger partial charge < -0.3 is 25.4 Å². The SMILES string of the molecule is CCCCN(C(=O)C(NC(=O)OC(C)(C)C)C(C)CC)C(C(=O)NC(C)CCC)c1cccc(O)c1. The number of hydrogen-bond acceptors (Lipinski definition) is 5. The van der Waals surface area contributed by atoms with Gasteiger partial charge in [-0.3, -0.25) is 9.59 Å². The Bertz CT molecular complexity index is 852. The van der Waals surface area contributed by atoms with Gasteiger partial charge in [0, 0.05) is 12.6 Å². The number of carbonyl (C=O) groups excluding carboxylic acids is 3. The Balaban J connectivity index is 3.49. The lowest BCUT2D eigenvalue weighted by Crippen LogP contribution is -2.55. The van der Waals surface area contributed by atoms with Crippen molar-refractivity contribution in [2.75, 3.05) is 6.54 Å². The average molecular weight is 506 g/mol. The van der Waals surface area contributed by atoms with Gasteiger partial charge in [-0.1, -0.05) is 59.1 Å². The molecular weight excluding hydrogens is 458 g/mol. The van der Waals surface area contributed by atoms with E-state index >= 15 is 0 Å². The van der Waals surface area contributed by atoms with Crippen molar-refractivity contribution in [3.05, 3.63) is 29.8 Å². The van der Waals surface area contributed by atoms with Crippen LogP contribution in [0.2, 0.25) is 0 Å². The van der Waals surface area contributed by atoms with Crippen LogP contribution in [0.5, 0.6) is 5.75 Å². The molecule has 3 amide bonds. The summed E-state index contributed by atoms with van der Waals surface area (Å²) in [7, 11) is 0. The van der Waals surface area contributed by atoms with Gasteiger partial charge in [0.15, 0.2) is 0 Å². The van der Waals surface area contributed by atoms with Crippen molar-refractivity contribution < 1.29 is 24.2 Å². The fraction of sp³-hybridized carbons (Fsp3) is 0.679. The van der Waals surface area contributed by atoms with Crippen LogP contribution in [0.25, 0.3) is 0 Å². The molecule has 204 valence electrons. The van der Waals surface area contributed by atoms with Crippen LogP contribution in [0.15, 0.2) is 24.3 Å². The molecule has 8 heteroatoms. The number of unbranched alkanes of at least 4 members (excludes halogenated alkanes) is 1. The summed E-state index contributed by atoms with van der Waals surface area (Å²) in [5.41, 5.74) is -0.199. The molecule has 8 nitrogen and oxygen atoms in total. The molecule has 0 heterocycles. The van der Waals surface area contributed by atoms with Crippen LogP contribution in [0, 0.1) is 5.92 Å². The first-order valence-electron chi connectivity index (χ1n) is 13.2. The summed E-state index contributed by atoms with van der Waals surface area (Å²) in [6.45, 7) is 15.5. The van der Waals surface area contributed by atoms with Crippen molar-refractivity contribution in [3.63, 3.8) is 0 Å². The second-order valence-corrected chi connectivity index (χ2v) is 10.6. The van der Waals surface area contributed by atoms with Gasteiger partial charge in [0.05, 0.1) is 0 Å². The number of hydrogen-bond donors (Lipinski definition) is 3. The van der Waals surface area contributed by atoms with Gasteiger partial charge >= 0.3 is 6.09 Å². The van der Waals surface area contributed by atoms with Crippen molar-refractivity contribution in [1.82, 2.24) is 15.5 Å². The maximum absolute atomic E-state index is 14.1. The summed E-state index contributed by atoms with van der Waals surface area (Å²) in [6.07, 6.45) is 3.18. The Kier molecular flexibility index (Phi) is 12.8. The molecule has 0 radical (unpaired) electrons. The first-order chi connectivity index (χ1) is 16.8. The summed E-state index contributed by atoms with van der Waals surface area (Å²) >= 11 is 0. The van der Waals surface area contributed by atoms with E-state index < -0.39 is 23.8 Å².